The molecule has 2 aromatic carbocycles. The molecular formula is C21H20N4O4S2. The zero-order valence-corrected chi connectivity index (χ0v) is 18.6. The summed E-state index contributed by atoms with van der Waals surface area (Å²) in [6.45, 7) is 0. The van der Waals surface area contributed by atoms with E-state index in [1.807, 2.05) is 11.4 Å². The monoisotopic (exact) mass is 456 g/mol. The van der Waals surface area contributed by atoms with E-state index in [1.54, 1.807) is 51.7 Å². The predicted octanol–water partition coefficient (Wildman–Crippen LogP) is 4.99. The third kappa shape index (κ3) is 4.21. The van der Waals surface area contributed by atoms with E-state index in [-0.39, 0.29) is 5.75 Å². The minimum atomic E-state index is 0.196. The molecule has 0 aliphatic rings. The molecule has 4 aromatic rings. The molecule has 0 saturated heterocycles. The molecule has 8 nitrogen and oxygen atoms in total. The van der Waals surface area contributed by atoms with Crippen LogP contribution in [0.1, 0.15) is 0 Å². The Morgan fingerprint density at radius 1 is 1.00 bits per heavy atom. The average molecular weight is 457 g/mol. The Hall–Kier alpha value is -3.50. The van der Waals surface area contributed by atoms with Crippen molar-refractivity contribution in [2.45, 2.75) is 0 Å². The summed E-state index contributed by atoms with van der Waals surface area (Å²) in [5.41, 5.74) is 8.49. The van der Waals surface area contributed by atoms with E-state index in [4.69, 9.17) is 19.9 Å². The van der Waals surface area contributed by atoms with Gasteiger partial charge < -0.3 is 30.4 Å². The Kier molecular flexibility index (Phi) is 5.83. The fourth-order valence-electron chi connectivity index (χ4n) is 2.99. The molecule has 2 heterocycles. The summed E-state index contributed by atoms with van der Waals surface area (Å²) in [5, 5.41) is 16.2. The Balaban J connectivity index is 1.62. The standard InChI is InChI=1S/C21H20N4O4S2/c1-27-15-8-12(9-16(28-2)17(15)29-3)23-21-25-19(22)18(31-21)20-24-14(10-30-20)11-5-4-6-13(26)7-11/h4-10,26H,22H2,1-3H3,(H,23,25). The first-order valence-corrected chi connectivity index (χ1v) is 10.8. The van der Waals surface area contributed by atoms with Gasteiger partial charge in [0.15, 0.2) is 16.6 Å². The van der Waals surface area contributed by atoms with Crippen LogP contribution in [0.25, 0.3) is 21.1 Å². The van der Waals surface area contributed by atoms with Crippen LogP contribution in [0, 0.1) is 0 Å². The number of nitrogen functional groups attached to an aromatic ring is 1. The van der Waals surface area contributed by atoms with Crippen molar-refractivity contribution in [1.82, 2.24) is 9.97 Å². The summed E-state index contributed by atoms with van der Waals surface area (Å²) in [6, 6.07) is 10.6. The molecule has 0 radical (unpaired) electrons. The topological polar surface area (TPSA) is 112 Å². The SMILES string of the molecule is COc1cc(Nc2nc(N)c(-c3nc(-c4cccc(O)c4)cs3)s2)cc(OC)c1OC. The van der Waals surface area contributed by atoms with E-state index in [1.165, 1.54) is 22.7 Å². The summed E-state index contributed by atoms with van der Waals surface area (Å²) >= 11 is 2.86. The summed E-state index contributed by atoms with van der Waals surface area (Å²) in [4.78, 5) is 9.86. The van der Waals surface area contributed by atoms with Crippen molar-refractivity contribution < 1.29 is 19.3 Å². The van der Waals surface area contributed by atoms with Gasteiger partial charge in [-0.15, -0.1) is 11.3 Å². The molecular weight excluding hydrogens is 436 g/mol. The van der Waals surface area contributed by atoms with Crippen molar-refractivity contribution >= 4 is 39.3 Å². The molecule has 0 aliphatic carbocycles. The number of nitrogens with one attached hydrogen (secondary N) is 1. The second-order valence-corrected chi connectivity index (χ2v) is 8.22. The number of ether oxygens (including phenoxy) is 3. The Labute approximate surface area is 186 Å². The first-order valence-electron chi connectivity index (χ1n) is 9.11. The number of aromatic hydroxyl groups is 1. The summed E-state index contributed by atoms with van der Waals surface area (Å²) < 4.78 is 16.1. The van der Waals surface area contributed by atoms with E-state index in [9.17, 15) is 5.11 Å². The predicted molar refractivity (Wildman–Crippen MR) is 124 cm³/mol. The lowest BCUT2D eigenvalue weighted by atomic mass is 10.2. The van der Waals surface area contributed by atoms with Crippen molar-refractivity contribution in [3.8, 4) is 44.1 Å². The number of hydrogen-bond acceptors (Lipinski definition) is 10. The fourth-order valence-corrected chi connectivity index (χ4v) is 4.82. The van der Waals surface area contributed by atoms with Gasteiger partial charge in [-0.3, -0.25) is 0 Å². The van der Waals surface area contributed by atoms with Gasteiger partial charge in [0.2, 0.25) is 5.75 Å². The van der Waals surface area contributed by atoms with E-state index in [0.717, 1.165) is 26.8 Å². The molecule has 0 aliphatic heterocycles. The van der Waals surface area contributed by atoms with Gasteiger partial charge in [0.05, 0.1) is 27.0 Å². The summed E-state index contributed by atoms with van der Waals surface area (Å²) in [6.07, 6.45) is 0. The third-order valence-corrected chi connectivity index (χ3v) is 6.39. The van der Waals surface area contributed by atoms with E-state index in [0.29, 0.717) is 28.2 Å². The highest BCUT2D eigenvalue weighted by Crippen LogP contribution is 2.43. The highest BCUT2D eigenvalue weighted by atomic mass is 32.1. The second-order valence-electron chi connectivity index (χ2n) is 6.36. The number of benzene rings is 2. The number of rotatable bonds is 7. The van der Waals surface area contributed by atoms with Gasteiger partial charge in [0.1, 0.15) is 21.5 Å². The van der Waals surface area contributed by atoms with Gasteiger partial charge in [-0.1, -0.05) is 23.5 Å². The molecule has 0 amide bonds. The van der Waals surface area contributed by atoms with Gasteiger partial charge >= 0.3 is 0 Å². The van der Waals surface area contributed by atoms with Crippen LogP contribution < -0.4 is 25.3 Å². The van der Waals surface area contributed by atoms with Crippen LogP contribution in [0.5, 0.6) is 23.0 Å². The van der Waals surface area contributed by atoms with E-state index >= 15 is 0 Å². The Morgan fingerprint density at radius 3 is 2.39 bits per heavy atom. The maximum absolute atomic E-state index is 9.71. The Bertz CT molecular complexity index is 1200. The molecule has 31 heavy (non-hydrogen) atoms. The number of nitrogens with zero attached hydrogens (tertiary/aromatic N) is 2. The van der Waals surface area contributed by atoms with Crippen LogP contribution in [-0.4, -0.2) is 36.4 Å². The van der Waals surface area contributed by atoms with Crippen LogP contribution in [-0.2, 0) is 0 Å². The molecule has 0 spiro atoms. The number of hydrogen-bond donors (Lipinski definition) is 3. The number of aromatic nitrogens is 2. The molecule has 0 bridgehead atoms. The maximum Gasteiger partial charge on any atom is 0.203 e. The minimum Gasteiger partial charge on any atom is -0.508 e. The van der Waals surface area contributed by atoms with Gasteiger partial charge in [0, 0.05) is 28.8 Å². The molecule has 0 fully saturated rings. The summed E-state index contributed by atoms with van der Waals surface area (Å²) in [7, 11) is 4.68. The molecule has 2 aromatic heterocycles. The van der Waals surface area contributed by atoms with Crippen LogP contribution in [0.4, 0.5) is 16.6 Å². The lowest BCUT2D eigenvalue weighted by Gasteiger charge is -2.14. The molecule has 4 N–H and O–H groups in total. The molecule has 160 valence electrons. The maximum atomic E-state index is 9.71. The van der Waals surface area contributed by atoms with Gasteiger partial charge in [-0.2, -0.15) is 0 Å². The molecule has 4 rings (SSSR count). The number of methoxy groups -OCH3 is 3. The van der Waals surface area contributed by atoms with Crippen LogP contribution in [0.15, 0.2) is 41.8 Å². The first-order chi connectivity index (χ1) is 15.0. The van der Waals surface area contributed by atoms with E-state index < -0.39 is 0 Å². The molecule has 10 heteroatoms. The number of anilines is 3. The van der Waals surface area contributed by atoms with Gasteiger partial charge in [0.25, 0.3) is 0 Å². The van der Waals surface area contributed by atoms with Crippen LogP contribution >= 0.6 is 22.7 Å². The summed E-state index contributed by atoms with van der Waals surface area (Å²) in [5.74, 6) is 2.16. The minimum absolute atomic E-state index is 0.196. The fraction of sp³-hybridized carbons (Fsp3) is 0.143. The lowest BCUT2D eigenvalue weighted by Crippen LogP contribution is -1.97. The molecule has 0 saturated carbocycles. The van der Waals surface area contributed by atoms with Gasteiger partial charge in [-0.25, -0.2) is 9.97 Å². The van der Waals surface area contributed by atoms with Crippen molar-refractivity contribution in [2.75, 3.05) is 32.4 Å². The lowest BCUT2D eigenvalue weighted by molar-refractivity contribution is 0.324. The van der Waals surface area contributed by atoms with Crippen molar-refractivity contribution in [3.05, 3.63) is 41.8 Å². The zero-order valence-electron chi connectivity index (χ0n) is 17.0. The van der Waals surface area contributed by atoms with Crippen LogP contribution in [0.3, 0.4) is 0 Å². The quantitative estimate of drug-likeness (QED) is 0.357. The van der Waals surface area contributed by atoms with Crippen molar-refractivity contribution in [3.63, 3.8) is 0 Å². The highest BCUT2D eigenvalue weighted by Gasteiger charge is 2.17. The molecule has 0 unspecified atom stereocenters. The van der Waals surface area contributed by atoms with Crippen molar-refractivity contribution in [2.24, 2.45) is 0 Å². The Morgan fingerprint density at radius 2 is 1.74 bits per heavy atom. The number of phenolic OH excluding ortho intramolecular Hbond substituents is 1. The van der Waals surface area contributed by atoms with E-state index in [2.05, 4.69) is 15.3 Å². The number of nitrogens with two attached hydrogens (primary N) is 1. The van der Waals surface area contributed by atoms with Gasteiger partial charge in [-0.05, 0) is 12.1 Å². The normalized spacial score (nSPS) is 10.7. The number of phenols is 1. The highest BCUT2D eigenvalue weighted by molar-refractivity contribution is 7.23. The number of thiazole rings is 2. The smallest absolute Gasteiger partial charge is 0.203 e. The van der Waals surface area contributed by atoms with Crippen LogP contribution in [0.2, 0.25) is 0 Å². The third-order valence-electron chi connectivity index (χ3n) is 4.41. The average Bonchev–Trinajstić information content (AvgIpc) is 3.39. The first kappa shape index (κ1) is 20.8. The van der Waals surface area contributed by atoms with Crippen molar-refractivity contribution in [1.29, 1.82) is 0 Å². The zero-order chi connectivity index (χ0) is 22.0. The second kappa shape index (κ2) is 8.70. The largest absolute Gasteiger partial charge is 0.508 e. The molecule has 0 atom stereocenters.